The molecule has 1 aromatic carbocycles. The van der Waals surface area contributed by atoms with E-state index in [0.717, 1.165) is 37.3 Å². The van der Waals surface area contributed by atoms with Gasteiger partial charge in [-0.05, 0) is 29.5 Å². The highest BCUT2D eigenvalue weighted by atomic mass is 35.5. The normalized spacial score (nSPS) is 24.4. The summed E-state index contributed by atoms with van der Waals surface area (Å²) in [5.74, 6) is 1.46. The zero-order chi connectivity index (χ0) is 13.2. The van der Waals surface area contributed by atoms with E-state index >= 15 is 0 Å². The number of amides is 1. The molecule has 2 atom stereocenters. The number of rotatable bonds is 3. The van der Waals surface area contributed by atoms with Crippen LogP contribution in [0.25, 0.3) is 0 Å². The third-order valence-corrected chi connectivity index (χ3v) is 4.19. The molecule has 1 amide bonds. The summed E-state index contributed by atoms with van der Waals surface area (Å²) in [6, 6.07) is 7.75. The average molecular weight is 297 g/mol. The smallest absolute Gasteiger partial charge is 0.253 e. The van der Waals surface area contributed by atoms with Crippen molar-refractivity contribution in [3.63, 3.8) is 0 Å². The predicted octanol–water partition coefficient (Wildman–Crippen LogP) is 1.55. The van der Waals surface area contributed by atoms with Gasteiger partial charge in [-0.15, -0.1) is 12.4 Å². The highest BCUT2D eigenvalue weighted by Gasteiger charge is 2.38. The zero-order valence-electron chi connectivity index (χ0n) is 11.7. The van der Waals surface area contributed by atoms with E-state index in [1.807, 2.05) is 29.2 Å². The summed E-state index contributed by atoms with van der Waals surface area (Å²) in [6.07, 6.45) is 0. The van der Waals surface area contributed by atoms with Crippen LogP contribution in [0.4, 0.5) is 0 Å². The van der Waals surface area contributed by atoms with Gasteiger partial charge in [0.15, 0.2) is 0 Å². The van der Waals surface area contributed by atoms with E-state index in [1.165, 1.54) is 0 Å². The summed E-state index contributed by atoms with van der Waals surface area (Å²) in [7, 11) is 1.68. The van der Waals surface area contributed by atoms with Gasteiger partial charge in [-0.25, -0.2) is 0 Å². The van der Waals surface area contributed by atoms with Crippen molar-refractivity contribution >= 4 is 18.3 Å². The molecule has 4 nitrogen and oxygen atoms in total. The van der Waals surface area contributed by atoms with Gasteiger partial charge in [-0.1, -0.05) is 12.1 Å². The molecule has 0 unspecified atom stereocenters. The lowest BCUT2D eigenvalue weighted by Crippen LogP contribution is -2.31. The Morgan fingerprint density at radius 2 is 1.85 bits per heavy atom. The number of nitrogens with one attached hydrogen (secondary N) is 1. The largest absolute Gasteiger partial charge is 0.380 e. The van der Waals surface area contributed by atoms with Gasteiger partial charge >= 0.3 is 0 Å². The fourth-order valence-electron chi connectivity index (χ4n) is 3.11. The number of carbonyl (C=O) groups is 1. The maximum atomic E-state index is 12.4. The summed E-state index contributed by atoms with van der Waals surface area (Å²) in [6.45, 7) is 4.50. The van der Waals surface area contributed by atoms with E-state index < -0.39 is 0 Å². The van der Waals surface area contributed by atoms with Crippen LogP contribution < -0.4 is 5.32 Å². The number of ether oxygens (including phenoxy) is 1. The second-order valence-corrected chi connectivity index (χ2v) is 5.52. The first-order valence-corrected chi connectivity index (χ1v) is 6.86. The maximum Gasteiger partial charge on any atom is 0.253 e. The number of hydrogen-bond acceptors (Lipinski definition) is 3. The number of likely N-dealkylation sites (tertiary alicyclic amines) is 1. The lowest BCUT2D eigenvalue weighted by Gasteiger charge is -2.17. The van der Waals surface area contributed by atoms with Crippen molar-refractivity contribution in [2.75, 3.05) is 33.3 Å². The quantitative estimate of drug-likeness (QED) is 0.920. The number of fused-ring (bicyclic) bond motifs is 1. The topological polar surface area (TPSA) is 41.6 Å². The molecule has 5 heteroatoms. The van der Waals surface area contributed by atoms with Crippen molar-refractivity contribution in [3.8, 4) is 0 Å². The molecule has 3 rings (SSSR count). The average Bonchev–Trinajstić information content (AvgIpc) is 3.00. The van der Waals surface area contributed by atoms with E-state index in [1.54, 1.807) is 7.11 Å². The molecule has 1 N–H and O–H groups in total. The van der Waals surface area contributed by atoms with Gasteiger partial charge < -0.3 is 15.0 Å². The number of benzene rings is 1. The van der Waals surface area contributed by atoms with Gasteiger partial charge in [-0.3, -0.25) is 4.79 Å². The number of carbonyl (C=O) groups excluding carboxylic acids is 1. The fourth-order valence-corrected chi connectivity index (χ4v) is 3.11. The Morgan fingerprint density at radius 3 is 2.40 bits per heavy atom. The second kappa shape index (κ2) is 6.57. The Hall–Kier alpha value is -1.10. The minimum absolute atomic E-state index is 0. The van der Waals surface area contributed by atoms with Crippen LogP contribution in [0.15, 0.2) is 24.3 Å². The molecule has 2 saturated heterocycles. The van der Waals surface area contributed by atoms with Gasteiger partial charge in [0.2, 0.25) is 0 Å². The molecule has 0 saturated carbocycles. The predicted molar refractivity (Wildman–Crippen MR) is 80.2 cm³/mol. The molecule has 0 bridgehead atoms. The Balaban J connectivity index is 0.00000147. The molecule has 2 fully saturated rings. The summed E-state index contributed by atoms with van der Waals surface area (Å²) in [4.78, 5) is 14.4. The first kappa shape index (κ1) is 15.3. The van der Waals surface area contributed by atoms with Crippen LogP contribution in [-0.2, 0) is 11.3 Å². The highest BCUT2D eigenvalue weighted by molar-refractivity contribution is 5.94. The van der Waals surface area contributed by atoms with Crippen LogP contribution in [0.3, 0.4) is 0 Å². The summed E-state index contributed by atoms with van der Waals surface area (Å²) < 4.78 is 5.08. The van der Waals surface area contributed by atoms with E-state index in [4.69, 9.17) is 4.74 Å². The SMILES string of the molecule is COCc1ccc(C(=O)N2C[C@H]3CNC[C@H]3C2)cc1.Cl. The Bertz CT molecular complexity index is 451. The minimum Gasteiger partial charge on any atom is -0.380 e. The van der Waals surface area contributed by atoms with Crippen LogP contribution in [0.1, 0.15) is 15.9 Å². The van der Waals surface area contributed by atoms with Crippen molar-refractivity contribution in [3.05, 3.63) is 35.4 Å². The van der Waals surface area contributed by atoms with E-state index in [-0.39, 0.29) is 18.3 Å². The van der Waals surface area contributed by atoms with Crippen molar-refractivity contribution in [1.82, 2.24) is 10.2 Å². The van der Waals surface area contributed by atoms with Gasteiger partial charge in [-0.2, -0.15) is 0 Å². The first-order chi connectivity index (χ1) is 9.28. The van der Waals surface area contributed by atoms with Gasteiger partial charge in [0.05, 0.1) is 6.61 Å². The Morgan fingerprint density at radius 1 is 1.25 bits per heavy atom. The van der Waals surface area contributed by atoms with Crippen LogP contribution in [-0.4, -0.2) is 44.1 Å². The standard InChI is InChI=1S/C15H20N2O2.ClH/c1-19-10-11-2-4-12(5-3-11)15(18)17-8-13-6-16-7-14(13)9-17;/h2-5,13-14,16H,6-10H2,1H3;1H/t13-,14+;. The van der Waals surface area contributed by atoms with E-state index in [2.05, 4.69) is 5.32 Å². The molecule has 2 aliphatic heterocycles. The second-order valence-electron chi connectivity index (χ2n) is 5.52. The molecule has 0 aromatic heterocycles. The number of methoxy groups -OCH3 is 1. The Labute approximate surface area is 125 Å². The molecule has 1 aromatic rings. The summed E-state index contributed by atoms with van der Waals surface area (Å²) >= 11 is 0. The molecule has 110 valence electrons. The van der Waals surface area contributed by atoms with Crippen molar-refractivity contribution in [2.45, 2.75) is 6.61 Å². The lowest BCUT2D eigenvalue weighted by molar-refractivity contribution is 0.0781. The first-order valence-electron chi connectivity index (χ1n) is 6.86. The van der Waals surface area contributed by atoms with Gasteiger partial charge in [0.1, 0.15) is 0 Å². The number of nitrogens with zero attached hydrogens (tertiary/aromatic N) is 1. The molecule has 0 spiro atoms. The summed E-state index contributed by atoms with van der Waals surface area (Å²) in [5.41, 5.74) is 1.88. The highest BCUT2D eigenvalue weighted by Crippen LogP contribution is 2.27. The van der Waals surface area contributed by atoms with Crippen molar-refractivity contribution < 1.29 is 9.53 Å². The van der Waals surface area contributed by atoms with Crippen LogP contribution in [0, 0.1) is 11.8 Å². The van der Waals surface area contributed by atoms with Gasteiger partial charge in [0.25, 0.3) is 5.91 Å². The molecule has 20 heavy (non-hydrogen) atoms. The van der Waals surface area contributed by atoms with E-state index in [0.29, 0.717) is 18.4 Å². The van der Waals surface area contributed by atoms with E-state index in [9.17, 15) is 4.79 Å². The van der Waals surface area contributed by atoms with Crippen LogP contribution >= 0.6 is 12.4 Å². The van der Waals surface area contributed by atoms with Gasteiger partial charge in [0, 0.05) is 38.9 Å². The number of hydrogen-bond donors (Lipinski definition) is 1. The minimum atomic E-state index is 0. The molecule has 0 aliphatic carbocycles. The fraction of sp³-hybridized carbons (Fsp3) is 0.533. The Kier molecular flexibility index (Phi) is 5.02. The third kappa shape index (κ3) is 2.97. The summed E-state index contributed by atoms with van der Waals surface area (Å²) in [5, 5.41) is 3.39. The molecular formula is C15H21ClN2O2. The van der Waals surface area contributed by atoms with Crippen LogP contribution in [0.2, 0.25) is 0 Å². The van der Waals surface area contributed by atoms with Crippen molar-refractivity contribution in [2.24, 2.45) is 11.8 Å². The molecular weight excluding hydrogens is 276 g/mol. The number of halogens is 1. The zero-order valence-corrected chi connectivity index (χ0v) is 12.5. The molecule has 2 heterocycles. The third-order valence-electron chi connectivity index (χ3n) is 4.19. The molecule has 2 aliphatic rings. The monoisotopic (exact) mass is 296 g/mol. The maximum absolute atomic E-state index is 12.4. The lowest BCUT2D eigenvalue weighted by atomic mass is 10.0. The van der Waals surface area contributed by atoms with Crippen molar-refractivity contribution in [1.29, 1.82) is 0 Å². The molecule has 0 radical (unpaired) electrons. The van der Waals surface area contributed by atoms with Crippen LogP contribution in [0.5, 0.6) is 0 Å².